The minimum atomic E-state index is -0.563. The summed E-state index contributed by atoms with van der Waals surface area (Å²) in [5.74, 6) is -1.73. The van der Waals surface area contributed by atoms with Crippen molar-refractivity contribution >= 4 is 17.8 Å². The monoisotopic (exact) mass is 562 g/mol. The van der Waals surface area contributed by atoms with E-state index in [9.17, 15) is 23.6 Å². The zero-order chi connectivity index (χ0) is 29.8. The number of hydrogen-bond acceptors (Lipinski definition) is 6. The minimum absolute atomic E-state index is 0.0656. The molecular weight excluding hydrogens is 527 g/mol. The number of nitrogens with one attached hydrogen (secondary N) is 2. The van der Waals surface area contributed by atoms with Crippen molar-refractivity contribution < 1.29 is 23.5 Å². The summed E-state index contributed by atoms with van der Waals surface area (Å²) in [6.07, 6.45) is 0.153. The maximum absolute atomic E-state index is 14.1. The first-order chi connectivity index (χ1) is 19.4. The Kier molecular flexibility index (Phi) is 9.00. The van der Waals surface area contributed by atoms with Gasteiger partial charge < -0.3 is 15.0 Å². The van der Waals surface area contributed by atoms with Gasteiger partial charge >= 0.3 is 5.97 Å². The third-order valence-corrected chi connectivity index (χ3v) is 7.41. The largest absolute Gasteiger partial charge is 0.460 e. The Balaban J connectivity index is 1.51. The standard InChI is InChI=1S/C31H35FN4O5/c1-17(2)29-27(41-20(5)37)15-26(22-7-6-8-25(32)14-22)36(29)28(38)16-33-30(39)23-10-9-21(18(3)11-23)13-24-12-19(4)34-35-31(24)40/h6-12,14,17,26-27,29H,13,15-16H2,1-5H3,(H,33,39)(H,35,40). The summed E-state index contributed by atoms with van der Waals surface area (Å²) in [6.45, 7) is 8.55. The molecule has 0 radical (unpaired) electrons. The molecule has 0 saturated carbocycles. The molecule has 2 amide bonds. The Morgan fingerprint density at radius 3 is 2.54 bits per heavy atom. The fourth-order valence-electron chi connectivity index (χ4n) is 5.57. The number of ether oxygens (including phenoxy) is 1. The number of rotatable bonds is 8. The molecule has 1 saturated heterocycles. The minimum Gasteiger partial charge on any atom is -0.460 e. The molecule has 0 aliphatic carbocycles. The number of likely N-dealkylation sites (tertiary alicyclic amines) is 1. The molecule has 2 heterocycles. The number of halogens is 1. The van der Waals surface area contributed by atoms with Crippen molar-refractivity contribution in [1.29, 1.82) is 0 Å². The van der Waals surface area contributed by atoms with Crippen LogP contribution in [0.3, 0.4) is 0 Å². The topological polar surface area (TPSA) is 121 Å². The molecule has 9 nitrogen and oxygen atoms in total. The van der Waals surface area contributed by atoms with E-state index in [0.29, 0.717) is 35.2 Å². The van der Waals surface area contributed by atoms with Gasteiger partial charge in [-0.3, -0.25) is 19.2 Å². The van der Waals surface area contributed by atoms with Gasteiger partial charge in [0.2, 0.25) is 5.91 Å². The number of esters is 1. The molecule has 1 aliphatic heterocycles. The molecule has 3 aromatic rings. The number of hydrogen-bond donors (Lipinski definition) is 2. The van der Waals surface area contributed by atoms with Crippen molar-refractivity contribution in [3.63, 3.8) is 0 Å². The lowest BCUT2D eigenvalue weighted by atomic mass is 9.98. The fraction of sp³-hybridized carbons (Fsp3) is 0.387. The van der Waals surface area contributed by atoms with Gasteiger partial charge in [-0.25, -0.2) is 9.49 Å². The second-order valence-electron chi connectivity index (χ2n) is 10.9. The van der Waals surface area contributed by atoms with Crippen molar-refractivity contribution in [1.82, 2.24) is 20.4 Å². The molecule has 0 bridgehead atoms. The van der Waals surface area contributed by atoms with Crippen molar-refractivity contribution in [2.45, 2.75) is 65.6 Å². The first kappa shape index (κ1) is 29.6. The average Bonchev–Trinajstić information content (AvgIpc) is 3.29. The summed E-state index contributed by atoms with van der Waals surface area (Å²) in [5, 5.41) is 9.09. The molecule has 1 aromatic heterocycles. The second-order valence-corrected chi connectivity index (χ2v) is 10.9. The number of aromatic amines is 1. The van der Waals surface area contributed by atoms with E-state index in [1.165, 1.54) is 19.1 Å². The van der Waals surface area contributed by atoms with E-state index in [0.717, 1.165) is 11.1 Å². The summed E-state index contributed by atoms with van der Waals surface area (Å²) < 4.78 is 19.7. The van der Waals surface area contributed by atoms with Crippen LogP contribution in [0.4, 0.5) is 4.39 Å². The Bertz CT molecular complexity index is 1520. The highest BCUT2D eigenvalue weighted by Gasteiger charge is 2.47. The van der Waals surface area contributed by atoms with E-state index in [4.69, 9.17) is 4.74 Å². The van der Waals surface area contributed by atoms with E-state index in [1.54, 1.807) is 48.2 Å². The molecule has 1 aliphatic rings. The SMILES string of the molecule is CC(=O)OC1CC(c2cccc(F)c2)N(C(=O)CNC(=O)c2ccc(Cc3cc(C)n[nH]c3=O)c(C)c2)C1C(C)C. The van der Waals surface area contributed by atoms with Gasteiger partial charge in [0.05, 0.1) is 24.3 Å². The van der Waals surface area contributed by atoms with Gasteiger partial charge in [-0.05, 0) is 66.8 Å². The van der Waals surface area contributed by atoms with Crippen LogP contribution in [0.25, 0.3) is 0 Å². The smallest absolute Gasteiger partial charge is 0.302 e. The number of aromatic nitrogens is 2. The number of carbonyl (C=O) groups is 3. The molecular formula is C31H35FN4O5. The van der Waals surface area contributed by atoms with Gasteiger partial charge in [0.25, 0.3) is 11.5 Å². The zero-order valence-electron chi connectivity index (χ0n) is 23.9. The van der Waals surface area contributed by atoms with Crippen molar-refractivity contribution in [3.8, 4) is 0 Å². The first-order valence-electron chi connectivity index (χ1n) is 13.6. The summed E-state index contributed by atoms with van der Waals surface area (Å²) in [5.41, 5.74) is 3.71. The third-order valence-electron chi connectivity index (χ3n) is 7.41. The Morgan fingerprint density at radius 1 is 1.12 bits per heavy atom. The molecule has 0 spiro atoms. The summed E-state index contributed by atoms with van der Waals surface area (Å²) in [6, 6.07) is 12.0. The van der Waals surface area contributed by atoms with Crippen LogP contribution in [0.15, 0.2) is 53.3 Å². The molecule has 2 aromatic carbocycles. The predicted molar refractivity (Wildman–Crippen MR) is 151 cm³/mol. The van der Waals surface area contributed by atoms with Gasteiger partial charge in [-0.15, -0.1) is 0 Å². The molecule has 2 N–H and O–H groups in total. The van der Waals surface area contributed by atoms with E-state index in [-0.39, 0.29) is 23.9 Å². The summed E-state index contributed by atoms with van der Waals surface area (Å²) in [4.78, 5) is 52.2. The number of carbonyl (C=O) groups excluding carboxylic acids is 3. The Morgan fingerprint density at radius 2 is 1.88 bits per heavy atom. The zero-order valence-corrected chi connectivity index (χ0v) is 23.9. The van der Waals surface area contributed by atoms with Crippen LogP contribution in [-0.4, -0.2) is 51.6 Å². The first-order valence-corrected chi connectivity index (χ1v) is 13.6. The number of nitrogens with zero attached hydrogens (tertiary/aromatic N) is 2. The Hall–Kier alpha value is -4.34. The van der Waals surface area contributed by atoms with Crippen molar-refractivity contribution in [2.24, 2.45) is 5.92 Å². The number of amides is 2. The highest BCUT2D eigenvalue weighted by atomic mass is 19.1. The molecule has 4 rings (SSSR count). The van der Waals surface area contributed by atoms with Gasteiger partial charge in [0.1, 0.15) is 11.9 Å². The van der Waals surface area contributed by atoms with E-state index in [2.05, 4.69) is 15.5 Å². The van der Waals surface area contributed by atoms with Crippen LogP contribution in [0.5, 0.6) is 0 Å². The lowest BCUT2D eigenvalue weighted by molar-refractivity contribution is -0.150. The van der Waals surface area contributed by atoms with Gasteiger partial charge in [0.15, 0.2) is 0 Å². The van der Waals surface area contributed by atoms with Crippen LogP contribution >= 0.6 is 0 Å². The van der Waals surface area contributed by atoms with Gasteiger partial charge in [-0.2, -0.15) is 5.10 Å². The van der Waals surface area contributed by atoms with E-state index in [1.807, 2.05) is 20.8 Å². The highest BCUT2D eigenvalue weighted by Crippen LogP contribution is 2.41. The molecule has 10 heteroatoms. The second kappa shape index (κ2) is 12.4. The van der Waals surface area contributed by atoms with Crippen molar-refractivity contribution in [2.75, 3.05) is 6.54 Å². The molecule has 3 unspecified atom stereocenters. The Labute approximate surface area is 238 Å². The summed E-state index contributed by atoms with van der Waals surface area (Å²) >= 11 is 0. The van der Waals surface area contributed by atoms with Crippen LogP contribution in [0, 0.1) is 25.6 Å². The lowest BCUT2D eigenvalue weighted by Gasteiger charge is -2.34. The molecule has 3 atom stereocenters. The number of benzene rings is 2. The predicted octanol–water partition coefficient (Wildman–Crippen LogP) is 3.78. The van der Waals surface area contributed by atoms with E-state index < -0.39 is 35.9 Å². The normalized spacial score (nSPS) is 18.4. The maximum Gasteiger partial charge on any atom is 0.302 e. The van der Waals surface area contributed by atoms with Gasteiger partial charge in [-0.1, -0.05) is 32.0 Å². The summed E-state index contributed by atoms with van der Waals surface area (Å²) in [7, 11) is 0. The van der Waals surface area contributed by atoms with Gasteiger partial charge in [0, 0.05) is 30.9 Å². The highest BCUT2D eigenvalue weighted by molar-refractivity contribution is 5.96. The number of aryl methyl sites for hydroxylation is 2. The number of H-pyrrole nitrogens is 1. The molecule has 216 valence electrons. The quantitative estimate of drug-likeness (QED) is 0.403. The van der Waals surface area contributed by atoms with Crippen LogP contribution in [0.2, 0.25) is 0 Å². The van der Waals surface area contributed by atoms with Crippen LogP contribution in [0.1, 0.15) is 71.5 Å². The molecule has 41 heavy (non-hydrogen) atoms. The van der Waals surface area contributed by atoms with E-state index >= 15 is 0 Å². The van der Waals surface area contributed by atoms with Crippen LogP contribution < -0.4 is 10.9 Å². The third kappa shape index (κ3) is 6.87. The van der Waals surface area contributed by atoms with Crippen molar-refractivity contribution in [3.05, 3.63) is 98.2 Å². The maximum atomic E-state index is 14.1. The lowest BCUT2D eigenvalue weighted by Crippen LogP contribution is -2.48. The molecule has 1 fully saturated rings. The fourth-order valence-corrected chi connectivity index (χ4v) is 5.57. The average molecular weight is 563 g/mol. The van der Waals surface area contributed by atoms with Crippen LogP contribution in [-0.2, 0) is 20.7 Å².